The topological polar surface area (TPSA) is 9.23 Å². The first-order valence-electron chi connectivity index (χ1n) is 5.81. The molecule has 0 atom stereocenters. The Balaban J connectivity index is 1.90. The minimum Gasteiger partial charge on any atom is -0.374 e. The van der Waals surface area contributed by atoms with Gasteiger partial charge >= 0.3 is 0 Å². The van der Waals surface area contributed by atoms with E-state index in [1.54, 1.807) is 6.07 Å². The molecule has 1 fully saturated rings. The van der Waals surface area contributed by atoms with E-state index in [4.69, 9.17) is 4.74 Å². The second-order valence-electron chi connectivity index (χ2n) is 4.31. The van der Waals surface area contributed by atoms with Gasteiger partial charge in [0.25, 0.3) is 0 Å². The van der Waals surface area contributed by atoms with Gasteiger partial charge in [0.05, 0.1) is 12.7 Å². The maximum absolute atomic E-state index is 13.0. The lowest BCUT2D eigenvalue weighted by atomic mass is 9.98. The van der Waals surface area contributed by atoms with E-state index in [0.29, 0.717) is 12.7 Å². The third kappa shape index (κ3) is 3.29. The molecule has 0 saturated heterocycles. The fraction of sp³-hybridized carbons (Fsp3) is 0.538. The fourth-order valence-corrected chi connectivity index (χ4v) is 2.45. The summed E-state index contributed by atoms with van der Waals surface area (Å²) in [5.74, 6) is -0.203. The summed E-state index contributed by atoms with van der Waals surface area (Å²) in [5.41, 5.74) is 0.894. The lowest BCUT2D eigenvalue weighted by Gasteiger charge is -2.22. The van der Waals surface area contributed by atoms with E-state index < -0.39 is 0 Å². The molecule has 1 aliphatic carbocycles. The van der Waals surface area contributed by atoms with Gasteiger partial charge in [0.15, 0.2) is 0 Å². The largest absolute Gasteiger partial charge is 0.374 e. The van der Waals surface area contributed by atoms with Crippen molar-refractivity contribution < 1.29 is 9.13 Å². The molecule has 0 aromatic heterocycles. The molecule has 16 heavy (non-hydrogen) atoms. The van der Waals surface area contributed by atoms with E-state index in [9.17, 15) is 4.39 Å². The van der Waals surface area contributed by atoms with Gasteiger partial charge in [-0.25, -0.2) is 4.39 Å². The average molecular weight is 287 g/mol. The summed E-state index contributed by atoms with van der Waals surface area (Å²) in [4.78, 5) is 0. The Morgan fingerprint density at radius 1 is 1.25 bits per heavy atom. The first-order valence-corrected chi connectivity index (χ1v) is 6.60. The van der Waals surface area contributed by atoms with E-state index in [1.165, 1.54) is 31.4 Å². The Hall–Kier alpha value is -0.410. The van der Waals surface area contributed by atoms with Gasteiger partial charge < -0.3 is 4.74 Å². The maximum atomic E-state index is 13.0. The summed E-state index contributed by atoms with van der Waals surface area (Å²) in [5, 5.41) is 0. The van der Waals surface area contributed by atoms with E-state index >= 15 is 0 Å². The van der Waals surface area contributed by atoms with Crippen LogP contribution in [0.4, 0.5) is 4.39 Å². The zero-order valence-corrected chi connectivity index (χ0v) is 10.8. The van der Waals surface area contributed by atoms with Crippen LogP contribution >= 0.6 is 15.9 Å². The molecule has 0 spiro atoms. The second-order valence-corrected chi connectivity index (χ2v) is 5.16. The molecule has 0 bridgehead atoms. The van der Waals surface area contributed by atoms with Crippen molar-refractivity contribution >= 4 is 15.9 Å². The molecule has 0 radical (unpaired) electrons. The quantitative estimate of drug-likeness (QED) is 0.798. The van der Waals surface area contributed by atoms with E-state index in [-0.39, 0.29) is 5.82 Å². The molecule has 1 aromatic rings. The van der Waals surface area contributed by atoms with Crippen LogP contribution in [0.15, 0.2) is 22.7 Å². The molecule has 0 amide bonds. The lowest BCUT2D eigenvalue weighted by molar-refractivity contribution is 0.0165. The Morgan fingerprint density at radius 2 is 2.00 bits per heavy atom. The van der Waals surface area contributed by atoms with Crippen molar-refractivity contribution in [3.8, 4) is 0 Å². The number of hydrogen-bond acceptors (Lipinski definition) is 1. The second kappa shape index (κ2) is 5.78. The molecule has 1 aliphatic rings. The molecule has 0 N–H and O–H groups in total. The van der Waals surface area contributed by atoms with Crippen molar-refractivity contribution in [3.05, 3.63) is 34.1 Å². The fourth-order valence-electron chi connectivity index (χ4n) is 2.09. The van der Waals surface area contributed by atoms with Crippen LogP contribution < -0.4 is 0 Å². The minimum atomic E-state index is -0.203. The molecule has 88 valence electrons. The van der Waals surface area contributed by atoms with Crippen molar-refractivity contribution in [1.82, 2.24) is 0 Å². The summed E-state index contributed by atoms with van der Waals surface area (Å²) >= 11 is 3.41. The number of ether oxygens (including phenoxy) is 1. The van der Waals surface area contributed by atoms with Gasteiger partial charge in [-0.3, -0.25) is 0 Å². The molecule has 0 aliphatic heterocycles. The van der Waals surface area contributed by atoms with Crippen molar-refractivity contribution in [2.75, 3.05) is 0 Å². The molecule has 2 rings (SSSR count). The molecule has 3 heteroatoms. The summed E-state index contributed by atoms with van der Waals surface area (Å²) in [6.45, 7) is 0.503. The van der Waals surface area contributed by atoms with Gasteiger partial charge in [-0.1, -0.05) is 35.2 Å². The first-order chi connectivity index (χ1) is 7.75. The molecule has 1 nitrogen and oxygen atoms in total. The van der Waals surface area contributed by atoms with Crippen molar-refractivity contribution in [1.29, 1.82) is 0 Å². The van der Waals surface area contributed by atoms with Crippen LogP contribution in [0.3, 0.4) is 0 Å². The van der Waals surface area contributed by atoms with Crippen LogP contribution in [-0.4, -0.2) is 6.10 Å². The third-order valence-electron chi connectivity index (χ3n) is 3.03. The van der Waals surface area contributed by atoms with Gasteiger partial charge in [0.2, 0.25) is 0 Å². The van der Waals surface area contributed by atoms with Crippen molar-refractivity contribution in [3.63, 3.8) is 0 Å². The molecule has 1 saturated carbocycles. The van der Waals surface area contributed by atoms with Crippen LogP contribution in [0.5, 0.6) is 0 Å². The first kappa shape index (κ1) is 12.1. The third-order valence-corrected chi connectivity index (χ3v) is 3.81. The maximum Gasteiger partial charge on any atom is 0.123 e. The summed E-state index contributed by atoms with van der Waals surface area (Å²) < 4.78 is 19.8. The highest BCUT2D eigenvalue weighted by atomic mass is 79.9. The zero-order valence-electron chi connectivity index (χ0n) is 9.22. The van der Waals surface area contributed by atoms with Crippen LogP contribution in [0.2, 0.25) is 0 Å². The Kier molecular flexibility index (Phi) is 4.36. The Bertz CT molecular complexity index is 348. The van der Waals surface area contributed by atoms with Gasteiger partial charge in [-0.15, -0.1) is 0 Å². The Labute approximate surface area is 104 Å². The highest BCUT2D eigenvalue weighted by molar-refractivity contribution is 9.10. The molecule has 0 heterocycles. The lowest BCUT2D eigenvalue weighted by Crippen LogP contribution is -2.16. The van der Waals surface area contributed by atoms with Crippen molar-refractivity contribution in [2.45, 2.75) is 44.8 Å². The highest BCUT2D eigenvalue weighted by Gasteiger charge is 2.14. The van der Waals surface area contributed by atoms with Crippen LogP contribution in [0.25, 0.3) is 0 Å². The zero-order chi connectivity index (χ0) is 11.4. The summed E-state index contributed by atoms with van der Waals surface area (Å²) in [6.07, 6.45) is 6.50. The molecular formula is C13H16BrFO. The smallest absolute Gasteiger partial charge is 0.123 e. The number of halogens is 2. The van der Waals surface area contributed by atoms with Crippen LogP contribution in [0, 0.1) is 5.82 Å². The molecule has 1 aromatic carbocycles. The Morgan fingerprint density at radius 3 is 2.75 bits per heavy atom. The average Bonchev–Trinajstić information content (AvgIpc) is 2.32. The van der Waals surface area contributed by atoms with E-state index in [2.05, 4.69) is 15.9 Å². The van der Waals surface area contributed by atoms with E-state index in [1.807, 2.05) is 0 Å². The normalized spacial score (nSPS) is 17.6. The van der Waals surface area contributed by atoms with Gasteiger partial charge in [0, 0.05) is 4.47 Å². The molecular weight excluding hydrogens is 271 g/mol. The summed E-state index contributed by atoms with van der Waals surface area (Å²) in [7, 11) is 0. The number of hydrogen-bond donors (Lipinski definition) is 0. The minimum absolute atomic E-state index is 0.203. The predicted molar refractivity (Wildman–Crippen MR) is 65.8 cm³/mol. The highest BCUT2D eigenvalue weighted by Crippen LogP contribution is 2.24. The van der Waals surface area contributed by atoms with Gasteiger partial charge in [-0.05, 0) is 36.6 Å². The van der Waals surface area contributed by atoms with Gasteiger partial charge in [0.1, 0.15) is 5.82 Å². The van der Waals surface area contributed by atoms with Crippen LogP contribution in [-0.2, 0) is 11.3 Å². The number of benzene rings is 1. The monoisotopic (exact) mass is 286 g/mol. The standard InChI is InChI=1S/C13H16BrFO/c14-13-7-6-11(15)8-10(13)9-16-12-4-2-1-3-5-12/h6-8,12H,1-5,9H2. The SMILES string of the molecule is Fc1ccc(Br)c(COC2CCCCC2)c1. The van der Waals surface area contributed by atoms with E-state index in [0.717, 1.165) is 22.9 Å². The van der Waals surface area contributed by atoms with Crippen molar-refractivity contribution in [2.24, 2.45) is 0 Å². The molecule has 0 unspecified atom stereocenters. The van der Waals surface area contributed by atoms with Crippen LogP contribution in [0.1, 0.15) is 37.7 Å². The predicted octanol–water partition coefficient (Wildman–Crippen LogP) is 4.44. The summed E-state index contributed by atoms with van der Waals surface area (Å²) in [6, 6.07) is 4.72. The van der Waals surface area contributed by atoms with Gasteiger partial charge in [-0.2, -0.15) is 0 Å². The number of rotatable bonds is 3.